The van der Waals surface area contributed by atoms with Crippen molar-refractivity contribution in [1.82, 2.24) is 14.9 Å². The first-order valence-electron chi connectivity index (χ1n) is 12.1. The van der Waals surface area contributed by atoms with E-state index < -0.39 is 0 Å². The number of ether oxygens (including phenoxy) is 2. The number of carbonyl (C=O) groups excluding carboxylic acids is 1. The molecule has 0 radical (unpaired) electrons. The number of aliphatic hydroxyl groups excluding tert-OH is 1. The van der Waals surface area contributed by atoms with Gasteiger partial charge in [-0.25, -0.2) is 4.98 Å². The molecule has 1 amide bonds. The summed E-state index contributed by atoms with van der Waals surface area (Å²) in [7, 11) is 0. The Morgan fingerprint density at radius 1 is 1.06 bits per heavy atom. The van der Waals surface area contributed by atoms with Gasteiger partial charge in [-0.2, -0.15) is 0 Å². The molecule has 6 rings (SSSR count). The number of aromatic nitrogens is 2. The Balaban J connectivity index is 1.09. The second-order valence-electron chi connectivity index (χ2n) is 8.95. The third-order valence-electron chi connectivity index (χ3n) is 6.65. The molecule has 1 aromatic heterocycles. The molecule has 2 N–H and O–H groups in total. The van der Waals surface area contributed by atoms with E-state index in [1.807, 2.05) is 59.6 Å². The van der Waals surface area contributed by atoms with E-state index in [0.29, 0.717) is 29.2 Å². The average Bonchev–Trinajstić information content (AvgIpc) is 3.54. The quantitative estimate of drug-likeness (QED) is 0.378. The minimum Gasteiger partial charge on any atom is -0.490 e. The minimum atomic E-state index is -0.229. The van der Waals surface area contributed by atoms with E-state index in [9.17, 15) is 9.90 Å². The van der Waals surface area contributed by atoms with Crippen molar-refractivity contribution < 1.29 is 19.4 Å². The Kier molecular flexibility index (Phi) is 5.87. The highest BCUT2D eigenvalue weighted by molar-refractivity contribution is 6.03. The lowest BCUT2D eigenvalue weighted by Crippen LogP contribution is -2.35. The molecular formula is C28H26N4O4. The van der Waals surface area contributed by atoms with Gasteiger partial charge in [0.05, 0.1) is 34.9 Å². The number of rotatable bonds is 7. The fourth-order valence-electron chi connectivity index (χ4n) is 4.78. The molecule has 8 nitrogen and oxygen atoms in total. The summed E-state index contributed by atoms with van der Waals surface area (Å²) in [6.45, 7) is 1.11. The lowest BCUT2D eigenvalue weighted by atomic mass is 10.1. The van der Waals surface area contributed by atoms with Gasteiger partial charge >= 0.3 is 0 Å². The molecule has 0 bridgehead atoms. The Morgan fingerprint density at radius 3 is 2.72 bits per heavy atom. The molecule has 8 heteroatoms. The van der Waals surface area contributed by atoms with Crippen LogP contribution in [-0.4, -0.2) is 57.9 Å². The summed E-state index contributed by atoms with van der Waals surface area (Å²) in [6, 6.07) is 19.1. The Bertz CT molecular complexity index is 1410. The van der Waals surface area contributed by atoms with Crippen LogP contribution in [0.25, 0.3) is 22.4 Å². The zero-order chi connectivity index (χ0) is 24.5. The average molecular weight is 483 g/mol. The van der Waals surface area contributed by atoms with Crippen molar-refractivity contribution in [3.05, 3.63) is 71.8 Å². The van der Waals surface area contributed by atoms with Crippen molar-refractivity contribution in [3.63, 3.8) is 0 Å². The highest BCUT2D eigenvalue weighted by Crippen LogP contribution is 2.34. The van der Waals surface area contributed by atoms with Crippen LogP contribution in [0.3, 0.4) is 0 Å². The fourth-order valence-corrected chi connectivity index (χ4v) is 4.78. The summed E-state index contributed by atoms with van der Waals surface area (Å²) in [5.41, 5.74) is 4.55. The van der Waals surface area contributed by atoms with Gasteiger partial charge in [-0.1, -0.05) is 12.1 Å². The second kappa shape index (κ2) is 9.47. The molecule has 1 saturated heterocycles. The number of hydrogen-bond acceptors (Lipinski definition) is 6. The number of amides is 1. The van der Waals surface area contributed by atoms with Gasteiger partial charge in [-0.05, 0) is 55.3 Å². The van der Waals surface area contributed by atoms with Crippen molar-refractivity contribution in [1.29, 1.82) is 0 Å². The van der Waals surface area contributed by atoms with Crippen LogP contribution in [-0.2, 0) is 6.61 Å². The number of aliphatic imine (C=N–C) groups is 1. The molecule has 0 spiro atoms. The van der Waals surface area contributed by atoms with E-state index in [1.165, 1.54) is 0 Å². The maximum absolute atomic E-state index is 13.0. The van der Waals surface area contributed by atoms with Crippen LogP contribution in [0, 0.1) is 0 Å². The lowest BCUT2D eigenvalue weighted by Gasteiger charge is -2.20. The van der Waals surface area contributed by atoms with Gasteiger partial charge < -0.3 is 24.5 Å². The molecule has 0 unspecified atom stereocenters. The molecule has 3 heterocycles. The number of hydrogen-bond donors (Lipinski definition) is 2. The summed E-state index contributed by atoms with van der Waals surface area (Å²) in [4.78, 5) is 27.3. The molecule has 1 atom stereocenters. The van der Waals surface area contributed by atoms with E-state index in [-0.39, 0.29) is 25.2 Å². The van der Waals surface area contributed by atoms with Crippen LogP contribution in [0.1, 0.15) is 28.8 Å². The van der Waals surface area contributed by atoms with Crippen LogP contribution in [0.4, 0.5) is 5.69 Å². The summed E-state index contributed by atoms with van der Waals surface area (Å²) in [6.07, 6.45) is 3.75. The van der Waals surface area contributed by atoms with E-state index >= 15 is 0 Å². The first-order valence-corrected chi connectivity index (χ1v) is 12.1. The van der Waals surface area contributed by atoms with E-state index in [1.54, 1.807) is 12.1 Å². The molecule has 0 saturated carbocycles. The van der Waals surface area contributed by atoms with Crippen molar-refractivity contribution in [2.45, 2.75) is 25.5 Å². The van der Waals surface area contributed by atoms with Gasteiger partial charge in [-0.3, -0.25) is 9.79 Å². The monoisotopic (exact) mass is 482 g/mol. The number of fused-ring (bicyclic) bond motifs is 3. The summed E-state index contributed by atoms with van der Waals surface area (Å²) >= 11 is 0. The van der Waals surface area contributed by atoms with Gasteiger partial charge in [0.1, 0.15) is 30.5 Å². The molecule has 4 aromatic rings. The molecule has 36 heavy (non-hydrogen) atoms. The number of benzene rings is 3. The fraction of sp³-hybridized carbons (Fsp3) is 0.250. The number of aliphatic hydroxyl groups is 1. The minimum absolute atomic E-state index is 0.0403. The number of H-pyrrole nitrogens is 1. The maximum Gasteiger partial charge on any atom is 0.256 e. The van der Waals surface area contributed by atoms with Crippen LogP contribution in [0.15, 0.2) is 65.7 Å². The van der Waals surface area contributed by atoms with E-state index in [2.05, 4.69) is 15.0 Å². The van der Waals surface area contributed by atoms with Gasteiger partial charge in [0.2, 0.25) is 0 Å². The molecule has 2 aliphatic rings. The van der Waals surface area contributed by atoms with Gasteiger partial charge in [0.15, 0.2) is 0 Å². The first-order chi connectivity index (χ1) is 17.7. The van der Waals surface area contributed by atoms with Gasteiger partial charge in [0.25, 0.3) is 5.91 Å². The number of nitrogens with one attached hydrogen (secondary N) is 1. The number of carbonyl (C=O) groups is 1. The smallest absolute Gasteiger partial charge is 0.256 e. The molecule has 0 aliphatic carbocycles. The zero-order valence-electron chi connectivity index (χ0n) is 19.7. The van der Waals surface area contributed by atoms with Crippen LogP contribution in [0.2, 0.25) is 0 Å². The Morgan fingerprint density at radius 2 is 1.89 bits per heavy atom. The lowest BCUT2D eigenvalue weighted by molar-refractivity contribution is 0.0774. The number of para-hydroxylation sites is 2. The molecule has 1 fully saturated rings. The highest BCUT2D eigenvalue weighted by Gasteiger charge is 2.32. The third kappa shape index (κ3) is 4.20. The molecular weight excluding hydrogens is 456 g/mol. The predicted molar refractivity (Wildman–Crippen MR) is 137 cm³/mol. The van der Waals surface area contributed by atoms with Crippen molar-refractivity contribution >= 4 is 28.8 Å². The highest BCUT2D eigenvalue weighted by atomic mass is 16.5. The maximum atomic E-state index is 13.0. The van der Waals surface area contributed by atoms with Crippen molar-refractivity contribution in [3.8, 4) is 22.9 Å². The van der Waals surface area contributed by atoms with Crippen LogP contribution in [0.5, 0.6) is 11.5 Å². The summed E-state index contributed by atoms with van der Waals surface area (Å²) < 4.78 is 11.8. The molecule has 182 valence electrons. The molecule has 3 aromatic carbocycles. The number of imidazole rings is 1. The van der Waals surface area contributed by atoms with E-state index in [0.717, 1.165) is 47.6 Å². The zero-order valence-corrected chi connectivity index (χ0v) is 19.7. The van der Waals surface area contributed by atoms with Crippen LogP contribution < -0.4 is 9.47 Å². The van der Waals surface area contributed by atoms with Gasteiger partial charge in [0, 0.05) is 30.0 Å². The largest absolute Gasteiger partial charge is 0.490 e. The number of aromatic amines is 1. The van der Waals surface area contributed by atoms with Crippen LogP contribution >= 0.6 is 0 Å². The van der Waals surface area contributed by atoms with Crippen molar-refractivity contribution in [2.24, 2.45) is 4.99 Å². The van der Waals surface area contributed by atoms with Crippen molar-refractivity contribution in [2.75, 3.05) is 19.8 Å². The molecule has 2 aliphatic heterocycles. The normalized spacial score (nSPS) is 16.6. The summed E-state index contributed by atoms with van der Waals surface area (Å²) in [5.74, 6) is 2.00. The first kappa shape index (κ1) is 22.3. The second-order valence-corrected chi connectivity index (χ2v) is 8.95. The number of nitrogens with zero attached hydrogens (tertiary/aromatic N) is 3. The Labute approximate surface area is 208 Å². The summed E-state index contributed by atoms with van der Waals surface area (Å²) in [5, 5.41) is 9.88. The SMILES string of the molecule is O=C1c2cc(CO)c(OCCOc3ccc(-c4nc5ccccc5[nH]4)cc3)cc2N=C[C@@H]2CCCN12. The van der Waals surface area contributed by atoms with Gasteiger partial charge in [-0.15, -0.1) is 0 Å². The Hall–Kier alpha value is -4.17. The third-order valence-corrected chi connectivity index (χ3v) is 6.65. The standard InChI is InChI=1S/C28H26N4O4/c33-17-19-14-22-25(29-16-20-4-3-11-32(20)28(22)34)15-26(19)36-13-12-35-21-9-7-18(8-10-21)27-30-23-5-1-2-6-24(23)31-27/h1-2,5-10,14-16,20,33H,3-4,11-13,17H2,(H,30,31)/t20-/m0/s1. The topological polar surface area (TPSA) is 100 Å². The van der Waals surface area contributed by atoms with E-state index in [4.69, 9.17) is 9.47 Å². The predicted octanol–water partition coefficient (Wildman–Crippen LogP) is 4.50.